The molecule has 0 aliphatic carbocycles. The molecule has 14 nitrogen and oxygen atoms in total. The van der Waals surface area contributed by atoms with Gasteiger partial charge in [-0.05, 0) is 12.8 Å². The van der Waals surface area contributed by atoms with Gasteiger partial charge in [0.1, 0.15) is 0 Å². The number of nitrogens with zero attached hydrogens (tertiary/aromatic N) is 2. The highest BCUT2D eigenvalue weighted by Crippen LogP contribution is 2.37. The quantitative estimate of drug-likeness (QED) is 0.261. The average Bonchev–Trinajstić information content (AvgIpc) is 3.18. The second-order valence-corrected chi connectivity index (χ2v) is 7.42. The smallest absolute Gasteiger partial charge is 0.332 e. The molecule has 0 saturated carbocycles. The fourth-order valence-corrected chi connectivity index (χ4v) is 4.04. The van der Waals surface area contributed by atoms with E-state index in [1.165, 1.54) is 0 Å². The van der Waals surface area contributed by atoms with Crippen LogP contribution >= 0.6 is 0 Å². The van der Waals surface area contributed by atoms with Gasteiger partial charge in [-0.15, -0.1) is 0 Å². The fourth-order valence-electron chi connectivity index (χ4n) is 4.04. The monoisotopic (exact) mass is 456 g/mol. The lowest BCUT2D eigenvalue weighted by molar-refractivity contribution is -0.179. The van der Waals surface area contributed by atoms with E-state index < -0.39 is 110 Å². The first-order chi connectivity index (χ1) is 14.8. The maximum atomic E-state index is 12.5. The summed E-state index contributed by atoms with van der Waals surface area (Å²) in [6.45, 7) is 0. The lowest BCUT2D eigenvalue weighted by Crippen LogP contribution is -2.71. The van der Waals surface area contributed by atoms with Crippen LogP contribution in [0.2, 0.25) is 0 Å². The minimum absolute atomic E-state index is 0.159. The Balaban J connectivity index is 2.68. The van der Waals surface area contributed by atoms with E-state index in [2.05, 4.69) is 0 Å². The van der Waals surface area contributed by atoms with Crippen LogP contribution in [-0.4, -0.2) is 89.3 Å². The summed E-state index contributed by atoms with van der Waals surface area (Å²) in [4.78, 5) is 96.8. The van der Waals surface area contributed by atoms with Crippen molar-refractivity contribution in [3.8, 4) is 0 Å². The van der Waals surface area contributed by atoms with E-state index in [1.54, 1.807) is 0 Å². The molecule has 4 N–H and O–H groups in total. The number of rotatable bonds is 11. The van der Waals surface area contributed by atoms with Crippen LogP contribution in [0.4, 0.5) is 0 Å². The van der Waals surface area contributed by atoms with E-state index in [4.69, 9.17) is 5.11 Å². The highest BCUT2D eigenvalue weighted by molar-refractivity contribution is 6.11. The molecule has 2 aliphatic heterocycles. The van der Waals surface area contributed by atoms with Crippen molar-refractivity contribution in [2.45, 2.75) is 56.5 Å². The molecule has 2 saturated heterocycles. The van der Waals surface area contributed by atoms with Crippen molar-refractivity contribution in [2.75, 3.05) is 0 Å². The molecular weight excluding hydrogens is 436 g/mol. The molecule has 32 heavy (non-hydrogen) atoms. The van der Waals surface area contributed by atoms with Crippen LogP contribution in [0.25, 0.3) is 0 Å². The number of carboxylic acids is 4. The number of likely N-dealkylation sites (tertiary alicyclic amines) is 2. The number of hydrogen-bond donors (Lipinski definition) is 4. The lowest BCUT2D eigenvalue weighted by atomic mass is 9.79. The molecule has 4 amide bonds. The molecule has 0 aromatic carbocycles. The normalized spacial score (nSPS) is 20.2. The molecule has 3 unspecified atom stereocenters. The van der Waals surface area contributed by atoms with Gasteiger partial charge in [0.15, 0.2) is 11.6 Å². The predicted molar refractivity (Wildman–Crippen MR) is 96.6 cm³/mol. The number of carboxylic acid groups (broad SMARTS) is 4. The summed E-state index contributed by atoms with van der Waals surface area (Å²) in [5, 5.41) is 38.1. The summed E-state index contributed by atoms with van der Waals surface area (Å²) in [5.41, 5.74) is -3.03. The van der Waals surface area contributed by atoms with E-state index in [0.29, 0.717) is 0 Å². The van der Waals surface area contributed by atoms with Gasteiger partial charge in [-0.1, -0.05) is 0 Å². The lowest BCUT2D eigenvalue weighted by Gasteiger charge is -2.43. The number of imide groups is 2. The van der Waals surface area contributed by atoms with Crippen molar-refractivity contribution in [2.24, 2.45) is 5.92 Å². The van der Waals surface area contributed by atoms with Gasteiger partial charge in [-0.3, -0.25) is 38.6 Å². The summed E-state index contributed by atoms with van der Waals surface area (Å²) in [6.07, 6.45) is -4.50. The molecule has 0 aromatic rings. The Morgan fingerprint density at radius 1 is 0.781 bits per heavy atom. The van der Waals surface area contributed by atoms with Crippen LogP contribution in [0.15, 0.2) is 0 Å². The maximum Gasteiger partial charge on any atom is 0.332 e. The molecule has 3 atom stereocenters. The molecule has 0 radical (unpaired) electrons. The minimum Gasteiger partial charge on any atom is -0.481 e. The molecule has 2 aliphatic rings. The number of carbonyl (C=O) groups is 8. The van der Waals surface area contributed by atoms with Crippen molar-refractivity contribution in [1.82, 2.24) is 9.80 Å². The van der Waals surface area contributed by atoms with Crippen molar-refractivity contribution < 1.29 is 58.8 Å². The molecule has 2 fully saturated rings. The molecule has 0 aromatic heterocycles. The standard InChI is InChI=1S/C18H20N2O12/c21-9-1-2-10(22)19(9)14(16(29)30)18(17(31)32,20-11(23)3-4-12(20)24)6-5-8(15(27)28)7-13(25)26/h8,14H,1-7H2,(H,25,26)(H,27,28)(H,29,30)(H,31,32). The summed E-state index contributed by atoms with van der Waals surface area (Å²) >= 11 is 0. The average molecular weight is 456 g/mol. The van der Waals surface area contributed by atoms with Crippen LogP contribution < -0.4 is 0 Å². The number of carbonyl (C=O) groups excluding carboxylic acids is 4. The molecule has 0 bridgehead atoms. The second-order valence-electron chi connectivity index (χ2n) is 7.42. The van der Waals surface area contributed by atoms with E-state index >= 15 is 0 Å². The number of hydrogen-bond acceptors (Lipinski definition) is 8. The van der Waals surface area contributed by atoms with Crippen LogP contribution in [-0.2, 0) is 38.4 Å². The third-order valence-electron chi connectivity index (χ3n) is 5.50. The predicted octanol–water partition coefficient (Wildman–Crippen LogP) is -1.48. The Kier molecular flexibility index (Phi) is 6.96. The van der Waals surface area contributed by atoms with Gasteiger partial charge in [0.05, 0.1) is 12.3 Å². The summed E-state index contributed by atoms with van der Waals surface area (Å²) in [6, 6.07) is -2.53. The van der Waals surface area contributed by atoms with Gasteiger partial charge in [-0.2, -0.15) is 0 Å². The third-order valence-corrected chi connectivity index (χ3v) is 5.50. The zero-order valence-electron chi connectivity index (χ0n) is 16.6. The van der Waals surface area contributed by atoms with Gasteiger partial charge in [-0.25, -0.2) is 9.59 Å². The minimum atomic E-state index is -3.03. The zero-order chi connectivity index (χ0) is 24.4. The molecule has 0 spiro atoms. The van der Waals surface area contributed by atoms with E-state index in [9.17, 15) is 53.7 Å². The summed E-state index contributed by atoms with van der Waals surface area (Å²) in [7, 11) is 0. The van der Waals surface area contributed by atoms with Crippen LogP contribution in [0.3, 0.4) is 0 Å². The largest absolute Gasteiger partial charge is 0.481 e. The van der Waals surface area contributed by atoms with Crippen molar-refractivity contribution in [1.29, 1.82) is 0 Å². The van der Waals surface area contributed by atoms with Gasteiger partial charge in [0, 0.05) is 25.7 Å². The first kappa shape index (κ1) is 24.4. The topological polar surface area (TPSA) is 224 Å². The van der Waals surface area contributed by atoms with E-state index in [0.717, 1.165) is 0 Å². The number of amides is 4. The van der Waals surface area contributed by atoms with Gasteiger partial charge < -0.3 is 20.4 Å². The molecular formula is C18H20N2O12. The van der Waals surface area contributed by atoms with Crippen LogP contribution in [0.5, 0.6) is 0 Å². The van der Waals surface area contributed by atoms with Crippen LogP contribution in [0, 0.1) is 5.92 Å². The molecule has 174 valence electrons. The first-order valence-electron chi connectivity index (χ1n) is 9.46. The second kappa shape index (κ2) is 9.11. The Labute approximate surface area is 179 Å². The van der Waals surface area contributed by atoms with Crippen molar-refractivity contribution in [3.05, 3.63) is 0 Å². The highest BCUT2D eigenvalue weighted by atomic mass is 16.4. The van der Waals surface area contributed by atoms with E-state index in [-0.39, 0.29) is 9.80 Å². The van der Waals surface area contributed by atoms with Crippen LogP contribution in [0.1, 0.15) is 44.9 Å². The maximum absolute atomic E-state index is 12.5. The molecule has 2 rings (SSSR count). The fraction of sp³-hybridized carbons (Fsp3) is 0.556. The van der Waals surface area contributed by atoms with E-state index in [1.807, 2.05) is 0 Å². The SMILES string of the molecule is O=C(O)CC(CCC(C(=O)O)(C(C(=O)O)N1C(=O)CCC1=O)N1C(=O)CCC1=O)C(=O)O. The van der Waals surface area contributed by atoms with Gasteiger partial charge >= 0.3 is 23.9 Å². The first-order valence-corrected chi connectivity index (χ1v) is 9.46. The van der Waals surface area contributed by atoms with Gasteiger partial charge in [0.25, 0.3) is 0 Å². The van der Waals surface area contributed by atoms with Crippen molar-refractivity contribution in [3.63, 3.8) is 0 Å². The highest BCUT2D eigenvalue weighted by Gasteiger charge is 2.63. The zero-order valence-corrected chi connectivity index (χ0v) is 16.6. The van der Waals surface area contributed by atoms with Crippen molar-refractivity contribution >= 4 is 47.5 Å². The Morgan fingerprint density at radius 3 is 1.62 bits per heavy atom. The third kappa shape index (κ3) is 4.29. The Morgan fingerprint density at radius 2 is 1.25 bits per heavy atom. The Hall–Kier alpha value is -3.84. The molecule has 2 heterocycles. The van der Waals surface area contributed by atoms with Gasteiger partial charge in [0.2, 0.25) is 23.6 Å². The molecule has 14 heteroatoms. The summed E-state index contributed by atoms with van der Waals surface area (Å²) in [5.74, 6) is -13.1. The number of aliphatic carboxylic acids is 4. The Bertz CT molecular complexity index is 880. The summed E-state index contributed by atoms with van der Waals surface area (Å²) < 4.78 is 0.